The molecule has 6 nitrogen and oxygen atoms in total. The largest absolute Gasteiger partial charge is 0.344 e. The molecule has 4 N–H and O–H groups in total. The predicted octanol–water partition coefficient (Wildman–Crippen LogP) is 1.25. The van der Waals surface area contributed by atoms with E-state index in [9.17, 15) is 4.79 Å². The van der Waals surface area contributed by atoms with Gasteiger partial charge in [0.05, 0.1) is 11.7 Å². The van der Waals surface area contributed by atoms with Gasteiger partial charge in [-0.15, -0.1) is 0 Å². The van der Waals surface area contributed by atoms with Gasteiger partial charge in [0.2, 0.25) is 0 Å². The molecule has 2 rings (SSSR count). The second kappa shape index (κ2) is 5.92. The highest BCUT2D eigenvalue weighted by Crippen LogP contribution is 2.12. The predicted molar refractivity (Wildman–Crippen MR) is 72.2 cm³/mol. The molecule has 2 aromatic heterocycles. The molecule has 1 amide bonds. The third-order valence-electron chi connectivity index (χ3n) is 2.71. The number of nitrogen functional groups attached to an aromatic ring is 1. The Morgan fingerprint density at radius 3 is 2.68 bits per heavy atom. The van der Waals surface area contributed by atoms with E-state index < -0.39 is 0 Å². The number of rotatable bonds is 4. The second-order valence-corrected chi connectivity index (χ2v) is 4.05. The lowest BCUT2D eigenvalue weighted by Crippen LogP contribution is -2.27. The van der Waals surface area contributed by atoms with E-state index in [4.69, 9.17) is 5.84 Å². The first kappa shape index (κ1) is 13.0. The van der Waals surface area contributed by atoms with Crippen molar-refractivity contribution in [2.24, 2.45) is 5.84 Å². The zero-order valence-corrected chi connectivity index (χ0v) is 10.5. The van der Waals surface area contributed by atoms with Gasteiger partial charge >= 0.3 is 0 Å². The molecule has 2 aromatic rings. The number of anilines is 1. The lowest BCUT2D eigenvalue weighted by Gasteiger charge is -2.13. The lowest BCUT2D eigenvalue weighted by atomic mass is 10.1. The molecule has 0 aliphatic rings. The summed E-state index contributed by atoms with van der Waals surface area (Å²) in [6.07, 6.45) is 4.91. The summed E-state index contributed by atoms with van der Waals surface area (Å²) in [5.74, 6) is 5.05. The number of hydrogen-bond donors (Lipinski definition) is 3. The van der Waals surface area contributed by atoms with Crippen LogP contribution in [0.3, 0.4) is 0 Å². The highest BCUT2D eigenvalue weighted by Gasteiger charge is 2.12. The highest BCUT2D eigenvalue weighted by atomic mass is 16.1. The molecule has 1 atom stereocenters. The van der Waals surface area contributed by atoms with Gasteiger partial charge in [0.15, 0.2) is 0 Å². The van der Waals surface area contributed by atoms with Crippen molar-refractivity contribution in [3.63, 3.8) is 0 Å². The Morgan fingerprint density at radius 2 is 2.00 bits per heavy atom. The normalized spacial score (nSPS) is 11.7. The van der Waals surface area contributed by atoms with Crippen LogP contribution >= 0.6 is 0 Å². The van der Waals surface area contributed by atoms with Crippen LogP contribution in [-0.4, -0.2) is 15.9 Å². The molecule has 0 aliphatic heterocycles. The number of hydrazine groups is 1. The average molecular weight is 257 g/mol. The van der Waals surface area contributed by atoms with Crippen molar-refractivity contribution in [1.29, 1.82) is 0 Å². The van der Waals surface area contributed by atoms with E-state index in [0.29, 0.717) is 11.4 Å². The monoisotopic (exact) mass is 257 g/mol. The molecule has 0 aliphatic carbocycles. The minimum atomic E-state index is -0.249. The Labute approximate surface area is 111 Å². The standard InChI is InChI=1S/C13H15N5O/c1-9(10-2-5-15-6-3-10)17-13(19)12-8-11(18-14)4-7-16-12/h2-9H,14H2,1H3,(H,16,18)(H,17,19). The van der Waals surface area contributed by atoms with Gasteiger partial charge < -0.3 is 10.7 Å². The van der Waals surface area contributed by atoms with Gasteiger partial charge in [-0.25, -0.2) is 0 Å². The molecule has 19 heavy (non-hydrogen) atoms. The van der Waals surface area contributed by atoms with E-state index in [0.717, 1.165) is 5.56 Å². The minimum absolute atomic E-state index is 0.119. The van der Waals surface area contributed by atoms with E-state index in [1.54, 1.807) is 24.5 Å². The SMILES string of the molecule is CC(NC(=O)c1cc(NN)ccn1)c1ccncc1. The number of nitrogens with one attached hydrogen (secondary N) is 2. The summed E-state index contributed by atoms with van der Waals surface area (Å²) in [6, 6.07) is 6.87. The summed E-state index contributed by atoms with van der Waals surface area (Å²) in [5.41, 5.74) is 4.41. The number of aromatic nitrogens is 2. The van der Waals surface area contributed by atoms with Crippen LogP contribution in [0, 0.1) is 0 Å². The fraction of sp³-hybridized carbons (Fsp3) is 0.154. The molecule has 1 unspecified atom stereocenters. The molecule has 0 spiro atoms. The fourth-order valence-electron chi connectivity index (χ4n) is 1.65. The van der Waals surface area contributed by atoms with Crippen molar-refractivity contribution < 1.29 is 4.79 Å². The van der Waals surface area contributed by atoms with E-state index in [2.05, 4.69) is 20.7 Å². The van der Waals surface area contributed by atoms with Crippen molar-refractivity contribution in [1.82, 2.24) is 15.3 Å². The Balaban J connectivity index is 2.08. The quantitative estimate of drug-likeness (QED) is 0.566. The molecule has 0 bridgehead atoms. The van der Waals surface area contributed by atoms with Crippen molar-refractivity contribution in [2.45, 2.75) is 13.0 Å². The number of nitrogens with two attached hydrogens (primary N) is 1. The summed E-state index contributed by atoms with van der Waals surface area (Å²) in [5, 5.41) is 2.87. The van der Waals surface area contributed by atoms with Crippen molar-refractivity contribution >= 4 is 11.6 Å². The number of pyridine rings is 2. The molecule has 2 heterocycles. The Morgan fingerprint density at radius 1 is 1.26 bits per heavy atom. The maximum Gasteiger partial charge on any atom is 0.270 e. The minimum Gasteiger partial charge on any atom is -0.344 e. The van der Waals surface area contributed by atoms with Gasteiger partial charge in [-0.2, -0.15) is 0 Å². The average Bonchev–Trinajstić information content (AvgIpc) is 2.48. The Bertz CT molecular complexity index is 558. The van der Waals surface area contributed by atoms with Gasteiger partial charge in [-0.3, -0.25) is 20.6 Å². The molecule has 0 radical (unpaired) electrons. The second-order valence-electron chi connectivity index (χ2n) is 4.05. The first-order valence-electron chi connectivity index (χ1n) is 5.84. The van der Waals surface area contributed by atoms with Crippen LogP contribution in [0.5, 0.6) is 0 Å². The smallest absolute Gasteiger partial charge is 0.270 e. The first-order valence-corrected chi connectivity index (χ1v) is 5.84. The van der Waals surface area contributed by atoms with Crippen LogP contribution in [0.2, 0.25) is 0 Å². The Hall–Kier alpha value is -2.47. The van der Waals surface area contributed by atoms with Crippen LogP contribution < -0.4 is 16.6 Å². The van der Waals surface area contributed by atoms with Crippen LogP contribution in [0.25, 0.3) is 0 Å². The maximum atomic E-state index is 12.0. The summed E-state index contributed by atoms with van der Waals surface area (Å²) in [6.45, 7) is 1.90. The first-order chi connectivity index (χ1) is 9.20. The molecule has 0 aromatic carbocycles. The summed E-state index contributed by atoms with van der Waals surface area (Å²) in [7, 11) is 0. The third-order valence-corrected chi connectivity index (χ3v) is 2.71. The number of hydrogen-bond acceptors (Lipinski definition) is 5. The van der Waals surface area contributed by atoms with Crippen molar-refractivity contribution in [3.05, 3.63) is 54.1 Å². The van der Waals surface area contributed by atoms with Crippen molar-refractivity contribution in [3.8, 4) is 0 Å². The number of nitrogens with zero attached hydrogens (tertiary/aromatic N) is 2. The van der Waals surface area contributed by atoms with E-state index in [1.165, 1.54) is 6.20 Å². The molecule has 6 heteroatoms. The number of amides is 1. The topological polar surface area (TPSA) is 92.9 Å². The molecule has 0 saturated carbocycles. The van der Waals surface area contributed by atoms with Gasteiger partial charge in [-0.1, -0.05) is 0 Å². The zero-order chi connectivity index (χ0) is 13.7. The molecule has 0 saturated heterocycles. The van der Waals surface area contributed by atoms with Crippen molar-refractivity contribution in [2.75, 3.05) is 5.43 Å². The van der Waals surface area contributed by atoms with E-state index >= 15 is 0 Å². The van der Waals surface area contributed by atoms with E-state index in [1.807, 2.05) is 19.1 Å². The van der Waals surface area contributed by atoms with Crippen LogP contribution in [0.15, 0.2) is 42.9 Å². The Kier molecular flexibility index (Phi) is 4.04. The maximum absolute atomic E-state index is 12.0. The lowest BCUT2D eigenvalue weighted by molar-refractivity contribution is 0.0935. The van der Waals surface area contributed by atoms with Gasteiger partial charge in [-0.05, 0) is 36.8 Å². The fourth-order valence-corrected chi connectivity index (χ4v) is 1.65. The highest BCUT2D eigenvalue weighted by molar-refractivity contribution is 5.93. The van der Waals surface area contributed by atoms with Gasteiger partial charge in [0, 0.05) is 18.6 Å². The van der Waals surface area contributed by atoms with Crippen LogP contribution in [0.1, 0.15) is 29.0 Å². The molecule has 98 valence electrons. The summed E-state index contributed by atoms with van der Waals surface area (Å²) < 4.78 is 0. The number of carbonyl (C=O) groups excluding carboxylic acids is 1. The summed E-state index contributed by atoms with van der Waals surface area (Å²) in [4.78, 5) is 20.0. The molecular weight excluding hydrogens is 242 g/mol. The van der Waals surface area contributed by atoms with Crippen LogP contribution in [0.4, 0.5) is 5.69 Å². The third kappa shape index (κ3) is 3.26. The van der Waals surface area contributed by atoms with Gasteiger partial charge in [0.25, 0.3) is 5.91 Å². The van der Waals surface area contributed by atoms with Crippen LogP contribution in [-0.2, 0) is 0 Å². The number of carbonyl (C=O) groups is 1. The van der Waals surface area contributed by atoms with Gasteiger partial charge in [0.1, 0.15) is 5.69 Å². The molecule has 0 fully saturated rings. The zero-order valence-electron chi connectivity index (χ0n) is 10.5. The molecular formula is C13H15N5O. The van der Waals surface area contributed by atoms with E-state index in [-0.39, 0.29) is 11.9 Å². The summed E-state index contributed by atoms with van der Waals surface area (Å²) >= 11 is 0.